The van der Waals surface area contributed by atoms with Gasteiger partial charge in [0, 0.05) is 29.7 Å². The van der Waals surface area contributed by atoms with E-state index in [0.29, 0.717) is 0 Å². The maximum absolute atomic E-state index is 4.73. The SMILES string of the molecule is Cc1sc(-c2ncc3sc4nccnc4n23)c(C)c1-n1ccn2cnc(C)c12. The Morgan fingerprint density at radius 2 is 1.79 bits per heavy atom. The monoisotopic (exact) mass is 405 g/mol. The van der Waals surface area contributed by atoms with Crippen LogP contribution in [0.2, 0.25) is 0 Å². The van der Waals surface area contributed by atoms with Gasteiger partial charge >= 0.3 is 0 Å². The highest BCUT2D eigenvalue weighted by atomic mass is 32.1. The molecule has 0 saturated heterocycles. The first-order valence-corrected chi connectivity index (χ1v) is 10.4. The van der Waals surface area contributed by atoms with Gasteiger partial charge < -0.3 is 0 Å². The molecule has 6 aromatic rings. The van der Waals surface area contributed by atoms with Gasteiger partial charge in [0.15, 0.2) is 16.3 Å². The van der Waals surface area contributed by atoms with E-state index in [4.69, 9.17) is 4.98 Å². The standard InChI is InChI=1S/C19H15N7S2/c1-10-14(25-7-6-24-9-23-11(2)19(24)25)12(3)27-15(10)16-22-8-13-26(16)17-18(28-13)21-5-4-20-17/h4-9H,1-3H3. The fourth-order valence-corrected chi connectivity index (χ4v) is 5.93. The van der Waals surface area contributed by atoms with E-state index >= 15 is 0 Å². The topological polar surface area (TPSA) is 65.3 Å². The molecule has 0 aliphatic carbocycles. The van der Waals surface area contributed by atoms with Crippen LogP contribution in [-0.4, -0.2) is 33.3 Å². The Morgan fingerprint density at radius 3 is 2.68 bits per heavy atom. The van der Waals surface area contributed by atoms with Gasteiger partial charge in [-0.1, -0.05) is 11.3 Å². The molecule has 9 heteroatoms. The Kier molecular flexibility index (Phi) is 3.13. The lowest BCUT2D eigenvalue weighted by Crippen LogP contribution is -1.97. The Bertz CT molecular complexity index is 1510. The van der Waals surface area contributed by atoms with Crippen LogP contribution in [-0.2, 0) is 0 Å². The highest BCUT2D eigenvalue weighted by Crippen LogP contribution is 2.40. The molecule has 6 heterocycles. The van der Waals surface area contributed by atoms with Gasteiger partial charge in [-0.2, -0.15) is 0 Å². The number of aryl methyl sites for hydroxylation is 2. The number of hydrogen-bond acceptors (Lipinski definition) is 6. The quantitative estimate of drug-likeness (QED) is 0.427. The minimum Gasteiger partial charge on any atom is -0.299 e. The van der Waals surface area contributed by atoms with Gasteiger partial charge in [-0.25, -0.2) is 19.9 Å². The van der Waals surface area contributed by atoms with Crippen molar-refractivity contribution in [1.29, 1.82) is 0 Å². The van der Waals surface area contributed by atoms with Crippen LogP contribution in [0.3, 0.4) is 0 Å². The summed E-state index contributed by atoms with van der Waals surface area (Å²) in [5.74, 6) is 0.923. The highest BCUT2D eigenvalue weighted by molar-refractivity contribution is 7.23. The summed E-state index contributed by atoms with van der Waals surface area (Å²) in [7, 11) is 0. The molecule has 0 atom stereocenters. The fourth-order valence-electron chi connectivity index (χ4n) is 3.87. The number of thiophene rings is 1. The average Bonchev–Trinajstić information content (AvgIpc) is 3.45. The van der Waals surface area contributed by atoms with Crippen LogP contribution >= 0.6 is 22.7 Å². The van der Waals surface area contributed by atoms with Crippen molar-refractivity contribution in [3.05, 3.63) is 53.4 Å². The van der Waals surface area contributed by atoms with Crippen molar-refractivity contribution in [2.45, 2.75) is 20.8 Å². The first-order valence-electron chi connectivity index (χ1n) is 8.82. The maximum atomic E-state index is 4.73. The van der Waals surface area contributed by atoms with E-state index in [1.54, 1.807) is 35.1 Å². The van der Waals surface area contributed by atoms with Crippen LogP contribution in [0.1, 0.15) is 16.1 Å². The second-order valence-corrected chi connectivity index (χ2v) is 8.97. The van der Waals surface area contributed by atoms with Crippen molar-refractivity contribution in [2.24, 2.45) is 0 Å². The van der Waals surface area contributed by atoms with Gasteiger partial charge in [-0.15, -0.1) is 11.3 Å². The first-order chi connectivity index (χ1) is 13.6. The zero-order valence-electron chi connectivity index (χ0n) is 15.4. The molecule has 0 saturated carbocycles. The molecular formula is C19H15N7S2. The number of nitrogens with zero attached hydrogens (tertiary/aromatic N) is 7. The molecule has 138 valence electrons. The summed E-state index contributed by atoms with van der Waals surface area (Å²) in [6.07, 6.45) is 11.4. The third-order valence-corrected chi connectivity index (χ3v) is 7.24. The number of aromatic nitrogens is 7. The molecule has 6 aromatic heterocycles. The Labute approximate surface area is 167 Å². The molecule has 0 aliphatic rings. The van der Waals surface area contributed by atoms with Crippen LogP contribution in [0.25, 0.3) is 37.3 Å². The number of imidazole rings is 3. The van der Waals surface area contributed by atoms with E-state index in [0.717, 1.165) is 37.4 Å². The van der Waals surface area contributed by atoms with E-state index in [1.165, 1.54) is 16.1 Å². The molecule has 0 N–H and O–H groups in total. The second kappa shape index (κ2) is 5.49. The molecule has 0 fully saturated rings. The summed E-state index contributed by atoms with van der Waals surface area (Å²) in [5.41, 5.74) is 5.37. The molecule has 7 nitrogen and oxygen atoms in total. The Morgan fingerprint density at radius 1 is 0.929 bits per heavy atom. The van der Waals surface area contributed by atoms with Crippen molar-refractivity contribution in [3.8, 4) is 16.4 Å². The van der Waals surface area contributed by atoms with E-state index in [1.807, 2.05) is 25.6 Å². The summed E-state index contributed by atoms with van der Waals surface area (Å²) in [6, 6.07) is 0. The van der Waals surface area contributed by atoms with Crippen molar-refractivity contribution in [2.75, 3.05) is 0 Å². The molecule has 28 heavy (non-hydrogen) atoms. The summed E-state index contributed by atoms with van der Waals surface area (Å²) in [6.45, 7) is 6.37. The Hall–Kier alpha value is -3.04. The second-order valence-electron chi connectivity index (χ2n) is 6.73. The van der Waals surface area contributed by atoms with E-state index in [2.05, 4.69) is 48.4 Å². The van der Waals surface area contributed by atoms with Crippen LogP contribution < -0.4 is 0 Å². The summed E-state index contributed by atoms with van der Waals surface area (Å²) < 4.78 is 6.40. The fraction of sp³-hybridized carbons (Fsp3) is 0.158. The van der Waals surface area contributed by atoms with Gasteiger partial charge in [0.1, 0.15) is 16.8 Å². The van der Waals surface area contributed by atoms with Crippen molar-refractivity contribution in [3.63, 3.8) is 0 Å². The van der Waals surface area contributed by atoms with Gasteiger partial charge in [-0.3, -0.25) is 13.4 Å². The lowest BCUT2D eigenvalue weighted by molar-refractivity contribution is 1.07. The molecule has 6 rings (SSSR count). The average molecular weight is 406 g/mol. The van der Waals surface area contributed by atoms with Crippen LogP contribution in [0.5, 0.6) is 0 Å². The molecule has 0 aromatic carbocycles. The van der Waals surface area contributed by atoms with Crippen LogP contribution in [0.15, 0.2) is 37.3 Å². The number of rotatable bonds is 2. The first kappa shape index (κ1) is 16.0. The molecule has 0 unspecified atom stereocenters. The summed E-state index contributed by atoms with van der Waals surface area (Å²) in [4.78, 5) is 22.5. The van der Waals surface area contributed by atoms with E-state index in [9.17, 15) is 0 Å². The van der Waals surface area contributed by atoms with Gasteiger partial charge in [0.2, 0.25) is 0 Å². The lowest BCUT2D eigenvalue weighted by atomic mass is 10.2. The summed E-state index contributed by atoms with van der Waals surface area (Å²) >= 11 is 3.37. The highest BCUT2D eigenvalue weighted by Gasteiger charge is 2.22. The van der Waals surface area contributed by atoms with Gasteiger partial charge in [0.05, 0.1) is 22.5 Å². The van der Waals surface area contributed by atoms with Crippen molar-refractivity contribution >= 4 is 43.6 Å². The van der Waals surface area contributed by atoms with Crippen molar-refractivity contribution in [1.82, 2.24) is 33.3 Å². The third kappa shape index (κ3) is 1.97. The van der Waals surface area contributed by atoms with Crippen LogP contribution in [0, 0.1) is 20.8 Å². The van der Waals surface area contributed by atoms with E-state index in [-0.39, 0.29) is 0 Å². The van der Waals surface area contributed by atoms with Crippen LogP contribution in [0.4, 0.5) is 0 Å². The summed E-state index contributed by atoms with van der Waals surface area (Å²) in [5, 5.41) is 0. The molecular weight excluding hydrogens is 390 g/mol. The largest absolute Gasteiger partial charge is 0.299 e. The normalized spacial score (nSPS) is 12.1. The number of thiazole rings is 1. The zero-order valence-corrected chi connectivity index (χ0v) is 17.0. The minimum absolute atomic E-state index is 0.858. The smallest absolute Gasteiger partial charge is 0.176 e. The number of fused-ring (bicyclic) bond motifs is 4. The molecule has 0 radical (unpaired) electrons. The van der Waals surface area contributed by atoms with E-state index < -0.39 is 0 Å². The predicted octanol–water partition coefficient (Wildman–Crippen LogP) is 4.43. The molecule has 0 spiro atoms. The number of hydrogen-bond donors (Lipinski definition) is 0. The zero-order chi connectivity index (χ0) is 19.0. The minimum atomic E-state index is 0.858. The van der Waals surface area contributed by atoms with Gasteiger partial charge in [0.25, 0.3) is 0 Å². The third-order valence-electron chi connectivity index (χ3n) is 5.07. The maximum Gasteiger partial charge on any atom is 0.176 e. The molecule has 0 aliphatic heterocycles. The van der Waals surface area contributed by atoms with Crippen molar-refractivity contribution < 1.29 is 0 Å². The lowest BCUT2D eigenvalue weighted by Gasteiger charge is -2.06. The molecule has 0 amide bonds. The van der Waals surface area contributed by atoms with Gasteiger partial charge in [-0.05, 0) is 26.3 Å². The Balaban J connectivity index is 1.64. The molecule has 0 bridgehead atoms. The predicted molar refractivity (Wildman–Crippen MR) is 112 cm³/mol.